The van der Waals surface area contributed by atoms with Crippen molar-refractivity contribution in [3.8, 4) is 11.5 Å². The normalized spacial score (nSPS) is 22.1. The summed E-state index contributed by atoms with van der Waals surface area (Å²) in [7, 11) is 0. The van der Waals surface area contributed by atoms with Crippen LogP contribution in [0.4, 0.5) is 0 Å². The van der Waals surface area contributed by atoms with Crippen LogP contribution in [0, 0.1) is 11.3 Å². The van der Waals surface area contributed by atoms with E-state index in [2.05, 4.69) is 34.1 Å². The zero-order chi connectivity index (χ0) is 18.9. The first-order chi connectivity index (χ1) is 13.0. The molecule has 1 atom stereocenters. The van der Waals surface area contributed by atoms with E-state index in [0.29, 0.717) is 11.5 Å². The van der Waals surface area contributed by atoms with E-state index < -0.39 is 0 Å². The summed E-state index contributed by atoms with van der Waals surface area (Å²) in [5.74, 6) is 0.949. The zero-order valence-corrected chi connectivity index (χ0v) is 16.1. The summed E-state index contributed by atoms with van der Waals surface area (Å²) in [6, 6.07) is -0.0194. The van der Waals surface area contributed by atoms with Gasteiger partial charge in [0, 0.05) is 30.1 Å². The number of nitrogens with one attached hydrogen (secondary N) is 1. The van der Waals surface area contributed by atoms with Crippen molar-refractivity contribution in [2.75, 3.05) is 0 Å². The SMILES string of the molecule is CC1(C)Cc2nc(-c3cnccn3)ncc2[C@@H](NC(=O)C2CCCCC2)C1. The van der Waals surface area contributed by atoms with Gasteiger partial charge in [0.05, 0.1) is 17.9 Å². The standard InChI is InChI=1S/C21H27N5O/c1-21(2)10-16-15(12-24-19(25-16)18-13-22-8-9-23-18)17(11-21)26-20(27)14-6-4-3-5-7-14/h8-9,12-14,17H,3-7,10-11H2,1-2H3,(H,26,27)/t17-/m0/s1. The van der Waals surface area contributed by atoms with Gasteiger partial charge >= 0.3 is 0 Å². The van der Waals surface area contributed by atoms with Gasteiger partial charge in [-0.25, -0.2) is 15.0 Å². The van der Waals surface area contributed by atoms with E-state index in [0.717, 1.165) is 49.8 Å². The molecule has 6 heteroatoms. The number of hydrogen-bond acceptors (Lipinski definition) is 5. The Morgan fingerprint density at radius 3 is 2.67 bits per heavy atom. The van der Waals surface area contributed by atoms with Crippen molar-refractivity contribution in [3.05, 3.63) is 36.0 Å². The molecule has 2 aliphatic carbocycles. The van der Waals surface area contributed by atoms with Crippen molar-refractivity contribution in [2.24, 2.45) is 11.3 Å². The van der Waals surface area contributed by atoms with Gasteiger partial charge in [-0.15, -0.1) is 0 Å². The number of hydrogen-bond donors (Lipinski definition) is 1. The molecule has 2 heterocycles. The molecule has 0 unspecified atom stereocenters. The molecule has 6 nitrogen and oxygen atoms in total. The lowest BCUT2D eigenvalue weighted by molar-refractivity contribution is -0.127. The Kier molecular flexibility index (Phi) is 4.89. The average Bonchev–Trinajstić information content (AvgIpc) is 2.68. The maximum atomic E-state index is 12.8. The Bertz CT molecular complexity index is 815. The van der Waals surface area contributed by atoms with Gasteiger partial charge < -0.3 is 5.32 Å². The van der Waals surface area contributed by atoms with Crippen LogP contribution in [0.15, 0.2) is 24.8 Å². The van der Waals surface area contributed by atoms with Crippen molar-refractivity contribution in [2.45, 2.75) is 64.8 Å². The van der Waals surface area contributed by atoms with Crippen LogP contribution in [0.5, 0.6) is 0 Å². The third kappa shape index (κ3) is 3.99. The molecular weight excluding hydrogens is 338 g/mol. The van der Waals surface area contributed by atoms with Crippen LogP contribution >= 0.6 is 0 Å². The Morgan fingerprint density at radius 2 is 1.93 bits per heavy atom. The summed E-state index contributed by atoms with van der Waals surface area (Å²) in [4.78, 5) is 30.5. The first kappa shape index (κ1) is 18.0. The topological polar surface area (TPSA) is 80.7 Å². The molecule has 1 fully saturated rings. The number of nitrogens with zero attached hydrogens (tertiary/aromatic N) is 4. The molecule has 2 aromatic heterocycles. The van der Waals surface area contributed by atoms with Crippen LogP contribution in [0.1, 0.15) is 69.7 Å². The molecule has 27 heavy (non-hydrogen) atoms. The molecule has 4 rings (SSSR count). The second-order valence-corrected chi connectivity index (χ2v) is 8.63. The highest BCUT2D eigenvalue weighted by Crippen LogP contribution is 2.40. The van der Waals surface area contributed by atoms with E-state index in [9.17, 15) is 4.79 Å². The quantitative estimate of drug-likeness (QED) is 0.898. The van der Waals surface area contributed by atoms with Gasteiger partial charge in [0.1, 0.15) is 5.69 Å². The number of carbonyl (C=O) groups is 1. The second-order valence-electron chi connectivity index (χ2n) is 8.63. The highest BCUT2D eigenvalue weighted by Gasteiger charge is 2.35. The predicted molar refractivity (Wildman–Crippen MR) is 103 cm³/mol. The minimum Gasteiger partial charge on any atom is -0.349 e. The molecule has 0 spiro atoms. The molecule has 2 aromatic rings. The van der Waals surface area contributed by atoms with Gasteiger partial charge in [0.25, 0.3) is 0 Å². The first-order valence-corrected chi connectivity index (χ1v) is 9.94. The van der Waals surface area contributed by atoms with E-state index in [4.69, 9.17) is 4.98 Å². The smallest absolute Gasteiger partial charge is 0.223 e. The number of carbonyl (C=O) groups excluding carboxylic acids is 1. The minimum atomic E-state index is -0.0194. The van der Waals surface area contributed by atoms with Gasteiger partial charge in [0.15, 0.2) is 5.82 Å². The molecule has 2 aliphatic rings. The Balaban J connectivity index is 1.60. The van der Waals surface area contributed by atoms with Gasteiger partial charge in [-0.2, -0.15) is 0 Å². The molecule has 0 saturated heterocycles. The Hall–Kier alpha value is -2.37. The zero-order valence-electron chi connectivity index (χ0n) is 16.1. The fourth-order valence-electron chi connectivity index (χ4n) is 4.37. The maximum Gasteiger partial charge on any atom is 0.223 e. The molecule has 0 aromatic carbocycles. The maximum absolute atomic E-state index is 12.8. The predicted octanol–water partition coefficient (Wildman–Crippen LogP) is 3.64. The van der Waals surface area contributed by atoms with E-state index in [1.807, 2.05) is 6.20 Å². The third-order valence-electron chi connectivity index (χ3n) is 5.76. The Labute approximate surface area is 160 Å². The minimum absolute atomic E-state index is 0.0194. The summed E-state index contributed by atoms with van der Waals surface area (Å²) >= 11 is 0. The van der Waals surface area contributed by atoms with E-state index in [1.54, 1.807) is 18.6 Å². The first-order valence-electron chi connectivity index (χ1n) is 9.94. The number of rotatable bonds is 3. The average molecular weight is 365 g/mol. The Morgan fingerprint density at radius 1 is 1.11 bits per heavy atom. The fourth-order valence-corrected chi connectivity index (χ4v) is 4.37. The van der Waals surface area contributed by atoms with Crippen LogP contribution in [0.25, 0.3) is 11.5 Å². The largest absolute Gasteiger partial charge is 0.349 e. The van der Waals surface area contributed by atoms with Crippen LogP contribution in [-0.4, -0.2) is 25.8 Å². The molecule has 142 valence electrons. The number of fused-ring (bicyclic) bond motifs is 1. The van der Waals surface area contributed by atoms with Gasteiger partial charge in [-0.05, 0) is 31.1 Å². The number of amides is 1. The highest BCUT2D eigenvalue weighted by molar-refractivity contribution is 5.79. The van der Waals surface area contributed by atoms with Crippen molar-refractivity contribution >= 4 is 5.91 Å². The summed E-state index contributed by atoms with van der Waals surface area (Å²) in [6.07, 6.45) is 14.2. The molecule has 1 saturated carbocycles. The molecule has 0 aliphatic heterocycles. The monoisotopic (exact) mass is 365 g/mol. The van der Waals surface area contributed by atoms with Crippen LogP contribution in [0.3, 0.4) is 0 Å². The van der Waals surface area contributed by atoms with E-state index in [1.165, 1.54) is 6.42 Å². The van der Waals surface area contributed by atoms with Crippen molar-refractivity contribution in [1.82, 2.24) is 25.3 Å². The summed E-state index contributed by atoms with van der Waals surface area (Å²) < 4.78 is 0. The van der Waals surface area contributed by atoms with E-state index >= 15 is 0 Å². The summed E-state index contributed by atoms with van der Waals surface area (Å²) in [5, 5.41) is 3.31. The summed E-state index contributed by atoms with van der Waals surface area (Å²) in [5.41, 5.74) is 2.80. The number of aromatic nitrogens is 4. The molecular formula is C21H27N5O. The lowest BCUT2D eigenvalue weighted by Gasteiger charge is -2.37. The van der Waals surface area contributed by atoms with Crippen molar-refractivity contribution in [1.29, 1.82) is 0 Å². The van der Waals surface area contributed by atoms with Gasteiger partial charge in [-0.1, -0.05) is 33.1 Å². The van der Waals surface area contributed by atoms with Crippen LogP contribution in [0.2, 0.25) is 0 Å². The second kappa shape index (κ2) is 7.33. The van der Waals surface area contributed by atoms with Crippen LogP contribution in [-0.2, 0) is 11.2 Å². The third-order valence-corrected chi connectivity index (χ3v) is 5.76. The molecule has 0 bridgehead atoms. The van der Waals surface area contributed by atoms with Crippen molar-refractivity contribution in [3.63, 3.8) is 0 Å². The summed E-state index contributed by atoms with van der Waals surface area (Å²) in [6.45, 7) is 4.47. The molecule has 1 amide bonds. The van der Waals surface area contributed by atoms with Gasteiger partial charge in [0.2, 0.25) is 5.91 Å². The van der Waals surface area contributed by atoms with Crippen molar-refractivity contribution < 1.29 is 4.79 Å². The highest BCUT2D eigenvalue weighted by atomic mass is 16.1. The van der Waals surface area contributed by atoms with Crippen LogP contribution < -0.4 is 5.32 Å². The fraction of sp³-hybridized carbons (Fsp3) is 0.571. The van der Waals surface area contributed by atoms with E-state index in [-0.39, 0.29) is 23.3 Å². The molecule has 1 N–H and O–H groups in total. The molecule has 0 radical (unpaired) electrons. The lowest BCUT2D eigenvalue weighted by Crippen LogP contribution is -2.40. The lowest BCUT2D eigenvalue weighted by atomic mass is 9.74. The van der Waals surface area contributed by atoms with Gasteiger partial charge in [-0.3, -0.25) is 9.78 Å².